The quantitative estimate of drug-likeness (QED) is 0.839. The van der Waals surface area contributed by atoms with Crippen LogP contribution in [-0.2, 0) is 0 Å². The van der Waals surface area contributed by atoms with Crippen molar-refractivity contribution >= 4 is 0 Å². The Morgan fingerprint density at radius 2 is 1.59 bits per heavy atom. The largest absolute Gasteiger partial charge is 0.497 e. The smallest absolute Gasteiger partial charge is 0.122 e. The molecule has 4 heteroatoms. The lowest BCUT2D eigenvalue weighted by molar-refractivity contribution is 0.159. The second-order valence-corrected chi connectivity index (χ2v) is 6.42. The summed E-state index contributed by atoms with van der Waals surface area (Å²) in [5.41, 5.74) is 1.30. The van der Waals surface area contributed by atoms with Crippen LogP contribution in [-0.4, -0.2) is 45.3 Å². The molecule has 1 saturated heterocycles. The molecule has 1 aromatic rings. The first-order valence-corrected chi connectivity index (χ1v) is 8.31. The van der Waals surface area contributed by atoms with Crippen LogP contribution in [0.15, 0.2) is 18.2 Å². The van der Waals surface area contributed by atoms with Crippen molar-refractivity contribution in [2.45, 2.75) is 32.7 Å². The molecule has 0 unspecified atom stereocenters. The van der Waals surface area contributed by atoms with E-state index in [1.54, 1.807) is 14.2 Å². The summed E-state index contributed by atoms with van der Waals surface area (Å²) in [5.74, 6) is 2.47. The number of nitrogens with one attached hydrogen (secondary N) is 1. The molecule has 1 atom stereocenters. The summed E-state index contributed by atoms with van der Waals surface area (Å²) in [6.45, 7) is 8.92. The number of hydrogen-bond donors (Lipinski definition) is 1. The van der Waals surface area contributed by atoms with E-state index in [1.807, 2.05) is 6.07 Å². The Hall–Kier alpha value is -1.26. The molecule has 1 fully saturated rings. The van der Waals surface area contributed by atoms with Crippen molar-refractivity contribution in [3.05, 3.63) is 23.8 Å². The van der Waals surface area contributed by atoms with Gasteiger partial charge < -0.3 is 14.8 Å². The number of hydrogen-bond acceptors (Lipinski definition) is 4. The van der Waals surface area contributed by atoms with Gasteiger partial charge in [-0.25, -0.2) is 0 Å². The van der Waals surface area contributed by atoms with E-state index in [0.29, 0.717) is 6.04 Å². The molecule has 22 heavy (non-hydrogen) atoms. The molecule has 124 valence electrons. The standard InChI is InChI=1S/C18H30N2O2/c1-14(2)5-6-18(20-9-7-19-8-10-20)15-11-16(21-3)13-17(12-15)22-4/h11-14,18-19H,5-10H2,1-4H3/t18-/m1/s1. The molecule has 0 aliphatic carbocycles. The van der Waals surface area contributed by atoms with E-state index in [-0.39, 0.29) is 0 Å². The van der Waals surface area contributed by atoms with Crippen molar-refractivity contribution in [1.29, 1.82) is 0 Å². The first-order chi connectivity index (χ1) is 10.6. The van der Waals surface area contributed by atoms with Crippen LogP contribution >= 0.6 is 0 Å². The predicted molar refractivity (Wildman–Crippen MR) is 90.8 cm³/mol. The summed E-state index contributed by atoms with van der Waals surface area (Å²) in [4.78, 5) is 2.59. The first-order valence-electron chi connectivity index (χ1n) is 8.31. The molecule has 1 aliphatic heterocycles. The van der Waals surface area contributed by atoms with Crippen LogP contribution in [0.1, 0.15) is 38.3 Å². The van der Waals surface area contributed by atoms with Gasteiger partial charge in [-0.05, 0) is 36.5 Å². The Balaban J connectivity index is 2.25. The fourth-order valence-corrected chi connectivity index (χ4v) is 3.07. The second-order valence-electron chi connectivity index (χ2n) is 6.42. The van der Waals surface area contributed by atoms with E-state index >= 15 is 0 Å². The van der Waals surface area contributed by atoms with Crippen LogP contribution < -0.4 is 14.8 Å². The van der Waals surface area contributed by atoms with Gasteiger partial charge in [0.2, 0.25) is 0 Å². The minimum absolute atomic E-state index is 0.438. The third-order valence-corrected chi connectivity index (χ3v) is 4.37. The van der Waals surface area contributed by atoms with E-state index in [0.717, 1.165) is 43.6 Å². The molecular weight excluding hydrogens is 276 g/mol. The van der Waals surface area contributed by atoms with Crippen molar-refractivity contribution in [2.24, 2.45) is 5.92 Å². The normalized spacial score (nSPS) is 17.5. The molecule has 1 heterocycles. The molecule has 2 rings (SSSR count). The van der Waals surface area contributed by atoms with Gasteiger partial charge in [0.25, 0.3) is 0 Å². The van der Waals surface area contributed by atoms with Gasteiger partial charge in [0.15, 0.2) is 0 Å². The SMILES string of the molecule is COc1cc(OC)cc([C@@H](CCC(C)C)N2CCNCC2)c1. The summed E-state index contributed by atoms with van der Waals surface area (Å²) in [7, 11) is 3.43. The molecule has 0 amide bonds. The predicted octanol–water partition coefficient (Wildman–Crippen LogP) is 3.09. The maximum absolute atomic E-state index is 5.45. The maximum Gasteiger partial charge on any atom is 0.122 e. The third-order valence-electron chi connectivity index (χ3n) is 4.37. The number of benzene rings is 1. The molecule has 0 aromatic heterocycles. The monoisotopic (exact) mass is 306 g/mol. The highest BCUT2D eigenvalue weighted by molar-refractivity contribution is 5.40. The van der Waals surface area contributed by atoms with Crippen LogP contribution in [0.3, 0.4) is 0 Å². The lowest BCUT2D eigenvalue weighted by atomic mass is 9.95. The summed E-state index contributed by atoms with van der Waals surface area (Å²) in [6.07, 6.45) is 2.40. The maximum atomic E-state index is 5.45. The number of piperazine rings is 1. The van der Waals surface area contributed by atoms with E-state index in [4.69, 9.17) is 9.47 Å². The highest BCUT2D eigenvalue weighted by atomic mass is 16.5. The van der Waals surface area contributed by atoms with Crippen LogP contribution in [0.5, 0.6) is 11.5 Å². The molecule has 0 saturated carbocycles. The summed E-state index contributed by atoms with van der Waals surface area (Å²) < 4.78 is 10.9. The zero-order valence-corrected chi connectivity index (χ0v) is 14.4. The number of methoxy groups -OCH3 is 2. The van der Waals surface area contributed by atoms with Gasteiger partial charge in [0, 0.05) is 38.3 Å². The fraction of sp³-hybridized carbons (Fsp3) is 0.667. The Bertz CT molecular complexity index is 434. The summed E-state index contributed by atoms with van der Waals surface area (Å²) in [6, 6.07) is 6.71. The Morgan fingerprint density at radius 1 is 1.00 bits per heavy atom. The highest BCUT2D eigenvalue weighted by Crippen LogP contribution is 2.33. The summed E-state index contributed by atoms with van der Waals surface area (Å²) >= 11 is 0. The molecule has 0 bridgehead atoms. The Labute approximate surface area is 134 Å². The minimum Gasteiger partial charge on any atom is -0.497 e. The highest BCUT2D eigenvalue weighted by Gasteiger charge is 2.23. The average Bonchev–Trinajstić information content (AvgIpc) is 2.55. The van der Waals surface area contributed by atoms with Crippen LogP contribution in [0.4, 0.5) is 0 Å². The van der Waals surface area contributed by atoms with Gasteiger partial charge in [-0.3, -0.25) is 4.90 Å². The zero-order valence-electron chi connectivity index (χ0n) is 14.4. The minimum atomic E-state index is 0.438. The van der Waals surface area contributed by atoms with Gasteiger partial charge in [0.05, 0.1) is 14.2 Å². The van der Waals surface area contributed by atoms with Gasteiger partial charge >= 0.3 is 0 Å². The number of nitrogens with zero attached hydrogens (tertiary/aromatic N) is 1. The Kier molecular flexibility index (Phi) is 6.52. The second kappa shape index (κ2) is 8.39. The molecule has 0 spiro atoms. The number of ether oxygens (including phenoxy) is 2. The topological polar surface area (TPSA) is 33.7 Å². The fourth-order valence-electron chi connectivity index (χ4n) is 3.07. The lowest BCUT2D eigenvalue weighted by Gasteiger charge is -2.36. The van der Waals surface area contributed by atoms with E-state index < -0.39 is 0 Å². The van der Waals surface area contributed by atoms with Crippen molar-refractivity contribution in [1.82, 2.24) is 10.2 Å². The molecule has 0 radical (unpaired) electrons. The average molecular weight is 306 g/mol. The van der Waals surface area contributed by atoms with Crippen LogP contribution in [0.25, 0.3) is 0 Å². The molecule has 1 aliphatic rings. The van der Waals surface area contributed by atoms with Crippen LogP contribution in [0.2, 0.25) is 0 Å². The molecule has 4 nitrogen and oxygen atoms in total. The summed E-state index contributed by atoms with van der Waals surface area (Å²) in [5, 5.41) is 3.44. The van der Waals surface area contributed by atoms with Gasteiger partial charge in [0.1, 0.15) is 11.5 Å². The van der Waals surface area contributed by atoms with Gasteiger partial charge in [-0.1, -0.05) is 13.8 Å². The number of rotatable bonds is 7. The first kappa shape index (κ1) is 17.1. The van der Waals surface area contributed by atoms with Crippen molar-refractivity contribution in [2.75, 3.05) is 40.4 Å². The molecule has 1 N–H and O–H groups in total. The van der Waals surface area contributed by atoms with Gasteiger partial charge in [-0.2, -0.15) is 0 Å². The van der Waals surface area contributed by atoms with E-state index in [1.165, 1.54) is 18.4 Å². The molecule has 1 aromatic carbocycles. The van der Waals surface area contributed by atoms with Crippen molar-refractivity contribution in [3.63, 3.8) is 0 Å². The zero-order chi connectivity index (χ0) is 15.9. The lowest BCUT2D eigenvalue weighted by Crippen LogP contribution is -2.45. The van der Waals surface area contributed by atoms with Gasteiger partial charge in [-0.15, -0.1) is 0 Å². The molecular formula is C18H30N2O2. The van der Waals surface area contributed by atoms with Crippen molar-refractivity contribution < 1.29 is 9.47 Å². The van der Waals surface area contributed by atoms with Crippen molar-refractivity contribution in [3.8, 4) is 11.5 Å². The van der Waals surface area contributed by atoms with E-state index in [2.05, 4.69) is 36.2 Å². The Morgan fingerprint density at radius 3 is 2.09 bits per heavy atom. The van der Waals surface area contributed by atoms with Crippen LogP contribution in [0, 0.1) is 5.92 Å². The van der Waals surface area contributed by atoms with E-state index in [9.17, 15) is 0 Å². The third kappa shape index (κ3) is 4.62.